The summed E-state index contributed by atoms with van der Waals surface area (Å²) in [6.45, 7) is 4.87. The average Bonchev–Trinajstić information content (AvgIpc) is 3.70. The number of anilines is 2. The molecule has 310 valence electrons. The van der Waals surface area contributed by atoms with Crippen LogP contribution >= 0.6 is 11.6 Å². The van der Waals surface area contributed by atoms with Gasteiger partial charge in [0.05, 0.1) is 39.8 Å². The fourth-order valence-corrected chi connectivity index (χ4v) is 7.76. The van der Waals surface area contributed by atoms with E-state index in [2.05, 4.69) is 20.4 Å². The summed E-state index contributed by atoms with van der Waals surface area (Å²) in [4.78, 5) is 59.2. The third-order valence-electron chi connectivity index (χ3n) is 10.5. The lowest BCUT2D eigenvalue weighted by molar-refractivity contribution is -0.137. The lowest BCUT2D eigenvalue weighted by Crippen LogP contribution is -2.51. The van der Waals surface area contributed by atoms with Crippen molar-refractivity contribution in [2.45, 2.75) is 52.4 Å². The Morgan fingerprint density at radius 2 is 1.78 bits per heavy atom. The van der Waals surface area contributed by atoms with Crippen LogP contribution in [0, 0.1) is 6.92 Å². The molecule has 0 atom stereocenters. The van der Waals surface area contributed by atoms with Gasteiger partial charge in [0.25, 0.3) is 11.5 Å². The Bertz CT molecular complexity index is 2660. The van der Waals surface area contributed by atoms with Crippen molar-refractivity contribution >= 4 is 40.6 Å². The molecule has 6 aromatic rings. The number of hydrogen-bond donors (Lipinski definition) is 1. The predicted octanol–water partition coefficient (Wildman–Crippen LogP) is 6.40. The highest BCUT2D eigenvalue weighted by molar-refractivity contribution is 6.33. The first-order chi connectivity index (χ1) is 28.9. The Kier molecular flexibility index (Phi) is 11.2. The second-order valence-corrected chi connectivity index (χ2v) is 14.8. The number of piperazine rings is 1. The average molecular weight is 842 g/mol. The molecule has 2 aliphatic rings. The maximum Gasteiger partial charge on any atom is 0.416 e. The fourth-order valence-electron chi connectivity index (χ4n) is 7.53. The van der Waals surface area contributed by atoms with Crippen LogP contribution in [-0.4, -0.2) is 78.6 Å². The minimum absolute atomic E-state index is 0.0199. The van der Waals surface area contributed by atoms with Gasteiger partial charge in [-0.05, 0) is 61.6 Å². The van der Waals surface area contributed by atoms with Crippen LogP contribution in [0.3, 0.4) is 0 Å². The molecule has 0 aliphatic carbocycles. The number of hydrogen-bond acceptors (Lipinski definition) is 10. The zero-order chi connectivity index (χ0) is 42.1. The quantitative estimate of drug-likeness (QED) is 0.164. The molecule has 0 bridgehead atoms. The Morgan fingerprint density at radius 1 is 1.00 bits per heavy atom. The summed E-state index contributed by atoms with van der Waals surface area (Å²) in [5.74, 6) is 0.226. The minimum atomic E-state index is -4.62. The summed E-state index contributed by atoms with van der Waals surface area (Å²) in [6, 6.07) is 17.8. The maximum atomic E-state index is 14.6. The van der Waals surface area contributed by atoms with E-state index in [1.165, 1.54) is 6.33 Å². The number of nitrogens with zero attached hydrogens (tertiary/aromatic N) is 8. The molecule has 1 saturated heterocycles. The largest absolute Gasteiger partial charge is 0.493 e. The van der Waals surface area contributed by atoms with Crippen LogP contribution in [0.2, 0.25) is 5.02 Å². The number of alkyl halides is 3. The molecule has 2 aliphatic heterocycles. The van der Waals surface area contributed by atoms with Crippen molar-refractivity contribution in [2.75, 3.05) is 43.0 Å². The standard InChI is InChI=1S/C42H39ClF3N9O5/c1-3-32-35(52-16-18-53(19-17-52)39(57)34-36(25(2)47-24-48-34)60-23-26-9-5-4-6-10-26)40(58)55-41(50-38(51-55)29-13-7-11-27-12-8-20-59-37(27)29)54(32)22-33(56)49-31-15-14-28(21-30(31)43)42(44,45)46/h4-7,9-11,13-15,21,24H,3,8,12,16-20,22-23H2,1-2H3,(H,49,56). The second-order valence-electron chi connectivity index (χ2n) is 14.4. The fraction of sp³-hybridized carbons (Fsp3) is 0.310. The number of para-hydroxylation sites is 1. The number of benzene rings is 3. The van der Waals surface area contributed by atoms with Crippen LogP contribution in [0.4, 0.5) is 24.5 Å². The molecule has 3 aromatic heterocycles. The van der Waals surface area contributed by atoms with Gasteiger partial charge in [0, 0.05) is 26.2 Å². The summed E-state index contributed by atoms with van der Waals surface area (Å²) < 4.78 is 54.9. The molecule has 1 fully saturated rings. The first-order valence-corrected chi connectivity index (χ1v) is 19.8. The highest BCUT2D eigenvalue weighted by Gasteiger charge is 2.33. The number of amides is 2. The number of carbonyl (C=O) groups is 2. The van der Waals surface area contributed by atoms with E-state index < -0.39 is 29.8 Å². The highest BCUT2D eigenvalue weighted by atomic mass is 35.5. The van der Waals surface area contributed by atoms with Crippen molar-refractivity contribution in [1.29, 1.82) is 0 Å². The van der Waals surface area contributed by atoms with E-state index in [1.807, 2.05) is 60.4 Å². The van der Waals surface area contributed by atoms with E-state index in [1.54, 1.807) is 16.4 Å². The SMILES string of the molecule is CCc1c(N2CCN(C(=O)c3ncnc(C)c3OCc3ccccc3)CC2)c(=O)n2nc(-c3cccc4c3OCCC4)nc2n1CC(=O)Nc1ccc(C(F)(F)F)cc1Cl. The van der Waals surface area contributed by atoms with E-state index in [0.717, 1.165) is 46.7 Å². The summed E-state index contributed by atoms with van der Waals surface area (Å²) in [7, 11) is 0. The number of aryl methyl sites for hydroxylation is 2. The molecule has 1 N–H and O–H groups in total. The topological polar surface area (TPSA) is 149 Å². The number of rotatable bonds is 10. The van der Waals surface area contributed by atoms with Crippen LogP contribution < -0.4 is 25.2 Å². The van der Waals surface area contributed by atoms with E-state index in [9.17, 15) is 27.6 Å². The molecule has 0 spiro atoms. The first kappa shape index (κ1) is 40.3. The normalized spacial score (nSPS) is 14.2. The number of halogens is 4. The Morgan fingerprint density at radius 3 is 2.52 bits per heavy atom. The van der Waals surface area contributed by atoms with E-state index in [0.29, 0.717) is 35.1 Å². The molecule has 60 heavy (non-hydrogen) atoms. The van der Waals surface area contributed by atoms with E-state index in [-0.39, 0.29) is 78.8 Å². The van der Waals surface area contributed by atoms with Crippen molar-refractivity contribution in [1.82, 2.24) is 34.0 Å². The Labute approximate surface area is 346 Å². The molecule has 5 heterocycles. The lowest BCUT2D eigenvalue weighted by Gasteiger charge is -2.36. The number of carbonyl (C=O) groups excluding carboxylic acids is 2. The van der Waals surface area contributed by atoms with Crippen LogP contribution in [-0.2, 0) is 37.0 Å². The third kappa shape index (κ3) is 7.96. The maximum absolute atomic E-state index is 14.6. The van der Waals surface area contributed by atoms with Gasteiger partial charge in [0.15, 0.2) is 17.3 Å². The molecule has 8 rings (SSSR count). The first-order valence-electron chi connectivity index (χ1n) is 19.4. The lowest BCUT2D eigenvalue weighted by atomic mass is 10.0. The molecule has 14 nitrogen and oxygen atoms in total. The summed E-state index contributed by atoms with van der Waals surface area (Å²) in [6.07, 6.45) is -1.37. The molecule has 18 heteroatoms. The highest BCUT2D eigenvalue weighted by Crippen LogP contribution is 2.36. The summed E-state index contributed by atoms with van der Waals surface area (Å²) in [5.41, 5.74) is 2.41. The van der Waals surface area contributed by atoms with Gasteiger partial charge in [0.1, 0.15) is 30.9 Å². The molecule has 3 aromatic carbocycles. The Hall–Kier alpha value is -6.49. The van der Waals surface area contributed by atoms with Crippen LogP contribution in [0.1, 0.15) is 51.9 Å². The van der Waals surface area contributed by atoms with Gasteiger partial charge in [-0.25, -0.2) is 9.97 Å². The van der Waals surface area contributed by atoms with Gasteiger partial charge in [-0.15, -0.1) is 5.10 Å². The van der Waals surface area contributed by atoms with Gasteiger partial charge in [0.2, 0.25) is 11.7 Å². The van der Waals surface area contributed by atoms with Crippen LogP contribution in [0.25, 0.3) is 17.2 Å². The van der Waals surface area contributed by atoms with Crippen molar-refractivity contribution in [3.63, 3.8) is 0 Å². The number of nitrogens with one attached hydrogen (secondary N) is 1. The van der Waals surface area contributed by atoms with Gasteiger partial charge < -0.3 is 29.2 Å². The van der Waals surface area contributed by atoms with E-state index >= 15 is 0 Å². The van der Waals surface area contributed by atoms with Gasteiger partial charge in [-0.1, -0.05) is 61.0 Å². The number of ether oxygens (including phenoxy) is 2. The van der Waals surface area contributed by atoms with Crippen molar-refractivity contribution in [3.05, 3.63) is 122 Å². The van der Waals surface area contributed by atoms with Gasteiger partial charge >= 0.3 is 6.18 Å². The van der Waals surface area contributed by atoms with Crippen LogP contribution in [0.5, 0.6) is 11.5 Å². The molecule has 2 amide bonds. The van der Waals surface area contributed by atoms with Crippen molar-refractivity contribution in [3.8, 4) is 22.9 Å². The third-order valence-corrected chi connectivity index (χ3v) is 10.8. The molecular weight excluding hydrogens is 803 g/mol. The zero-order valence-electron chi connectivity index (χ0n) is 32.6. The summed E-state index contributed by atoms with van der Waals surface area (Å²) >= 11 is 6.19. The second kappa shape index (κ2) is 16.6. The number of aromatic nitrogens is 6. The predicted molar refractivity (Wildman–Crippen MR) is 217 cm³/mol. The summed E-state index contributed by atoms with van der Waals surface area (Å²) in [5, 5.41) is 6.99. The molecule has 0 radical (unpaired) electrons. The van der Waals surface area contributed by atoms with Crippen molar-refractivity contribution < 1.29 is 32.2 Å². The molecule has 0 saturated carbocycles. The van der Waals surface area contributed by atoms with Gasteiger partial charge in [-0.2, -0.15) is 22.7 Å². The minimum Gasteiger partial charge on any atom is -0.493 e. The molecule has 0 unspecified atom stereocenters. The Balaban J connectivity index is 1.12. The smallest absolute Gasteiger partial charge is 0.416 e. The number of fused-ring (bicyclic) bond motifs is 2. The van der Waals surface area contributed by atoms with E-state index in [4.69, 9.17) is 26.1 Å². The zero-order valence-corrected chi connectivity index (χ0v) is 33.4. The molecular formula is C42H39ClF3N9O5. The van der Waals surface area contributed by atoms with Crippen LogP contribution in [0.15, 0.2) is 77.9 Å². The van der Waals surface area contributed by atoms with Crippen molar-refractivity contribution in [2.24, 2.45) is 0 Å². The van der Waals surface area contributed by atoms with Gasteiger partial charge in [-0.3, -0.25) is 14.4 Å². The monoisotopic (exact) mass is 841 g/mol.